The minimum atomic E-state index is -0.275. The largest absolute Gasteiger partial charge is 0.489 e. The zero-order valence-electron chi connectivity index (χ0n) is 10.5. The number of ether oxygens (including phenoxy) is 1. The Morgan fingerprint density at radius 1 is 1.16 bits per heavy atom. The molecule has 0 aliphatic heterocycles. The Morgan fingerprint density at radius 3 is 2.84 bits per heavy atom. The van der Waals surface area contributed by atoms with Crippen molar-refractivity contribution >= 4 is 21.4 Å². The van der Waals surface area contributed by atoms with Gasteiger partial charge in [-0.25, -0.2) is 4.39 Å². The van der Waals surface area contributed by atoms with Crippen molar-refractivity contribution in [2.45, 2.75) is 13.5 Å². The van der Waals surface area contributed by atoms with Gasteiger partial charge in [-0.3, -0.25) is 0 Å². The maximum absolute atomic E-state index is 13.1. The Morgan fingerprint density at radius 2 is 2.00 bits per heavy atom. The average molecular weight is 272 g/mol. The molecular formula is C16H13FOS. The fraction of sp³-hybridized carbons (Fsp3) is 0.125. The van der Waals surface area contributed by atoms with Gasteiger partial charge in [-0.05, 0) is 35.4 Å². The van der Waals surface area contributed by atoms with Crippen LogP contribution in [0.4, 0.5) is 4.39 Å². The lowest BCUT2D eigenvalue weighted by Gasteiger charge is -2.05. The molecule has 0 aliphatic carbocycles. The SMILES string of the molecule is Cc1cccc2c(COc3cccc(F)c3)csc12. The minimum absolute atomic E-state index is 0.275. The van der Waals surface area contributed by atoms with Crippen LogP contribution in [0.25, 0.3) is 10.1 Å². The summed E-state index contributed by atoms with van der Waals surface area (Å²) in [6.07, 6.45) is 0. The lowest BCUT2D eigenvalue weighted by atomic mass is 10.1. The van der Waals surface area contributed by atoms with Crippen molar-refractivity contribution in [3.63, 3.8) is 0 Å². The molecule has 1 nitrogen and oxygen atoms in total. The second kappa shape index (κ2) is 5.02. The summed E-state index contributed by atoms with van der Waals surface area (Å²) in [5, 5.41) is 3.33. The van der Waals surface area contributed by atoms with E-state index in [1.807, 2.05) is 0 Å². The lowest BCUT2D eigenvalue weighted by molar-refractivity contribution is 0.306. The Bertz CT molecular complexity index is 718. The van der Waals surface area contributed by atoms with E-state index in [-0.39, 0.29) is 5.82 Å². The van der Waals surface area contributed by atoms with E-state index in [1.165, 1.54) is 27.8 Å². The molecular weight excluding hydrogens is 259 g/mol. The predicted octanol–water partition coefficient (Wildman–Crippen LogP) is 4.93. The van der Waals surface area contributed by atoms with Crippen molar-refractivity contribution < 1.29 is 9.13 Å². The maximum atomic E-state index is 13.1. The number of rotatable bonds is 3. The van der Waals surface area contributed by atoms with Crippen molar-refractivity contribution in [2.24, 2.45) is 0 Å². The number of halogens is 1. The molecule has 1 heterocycles. The molecule has 3 aromatic rings. The Kier molecular flexibility index (Phi) is 3.22. The lowest BCUT2D eigenvalue weighted by Crippen LogP contribution is -1.94. The second-order valence-electron chi connectivity index (χ2n) is 4.46. The normalized spacial score (nSPS) is 10.8. The maximum Gasteiger partial charge on any atom is 0.126 e. The first-order chi connectivity index (χ1) is 9.24. The zero-order valence-corrected chi connectivity index (χ0v) is 11.3. The van der Waals surface area contributed by atoms with Crippen molar-refractivity contribution in [3.05, 3.63) is 64.8 Å². The van der Waals surface area contributed by atoms with Crippen LogP contribution < -0.4 is 4.74 Å². The van der Waals surface area contributed by atoms with Gasteiger partial charge in [-0.2, -0.15) is 0 Å². The highest BCUT2D eigenvalue weighted by Crippen LogP contribution is 2.29. The van der Waals surface area contributed by atoms with Crippen LogP contribution in [0.2, 0.25) is 0 Å². The molecule has 0 spiro atoms. The standard InChI is InChI=1S/C16H13FOS/c1-11-4-2-7-15-12(10-19-16(11)15)9-18-14-6-3-5-13(17)8-14/h2-8,10H,9H2,1H3. The summed E-state index contributed by atoms with van der Waals surface area (Å²) >= 11 is 1.72. The number of fused-ring (bicyclic) bond motifs is 1. The van der Waals surface area contributed by atoms with E-state index in [2.05, 4.69) is 30.5 Å². The van der Waals surface area contributed by atoms with E-state index >= 15 is 0 Å². The van der Waals surface area contributed by atoms with Crippen LogP contribution in [0, 0.1) is 12.7 Å². The van der Waals surface area contributed by atoms with Gasteiger partial charge in [-0.15, -0.1) is 11.3 Å². The van der Waals surface area contributed by atoms with Crippen LogP contribution in [-0.4, -0.2) is 0 Å². The molecule has 0 amide bonds. The fourth-order valence-corrected chi connectivity index (χ4v) is 3.12. The Balaban J connectivity index is 1.84. The average Bonchev–Trinajstić information content (AvgIpc) is 2.81. The van der Waals surface area contributed by atoms with E-state index in [9.17, 15) is 4.39 Å². The smallest absolute Gasteiger partial charge is 0.126 e. The van der Waals surface area contributed by atoms with E-state index in [0.717, 1.165) is 5.56 Å². The predicted molar refractivity (Wildman–Crippen MR) is 77.3 cm³/mol. The molecule has 0 fully saturated rings. The van der Waals surface area contributed by atoms with Gasteiger partial charge in [0, 0.05) is 16.3 Å². The van der Waals surface area contributed by atoms with E-state index in [1.54, 1.807) is 23.5 Å². The van der Waals surface area contributed by atoms with Crippen molar-refractivity contribution in [2.75, 3.05) is 0 Å². The second-order valence-corrected chi connectivity index (χ2v) is 5.34. The number of thiophene rings is 1. The highest BCUT2D eigenvalue weighted by Gasteiger charge is 2.06. The number of benzene rings is 2. The van der Waals surface area contributed by atoms with Gasteiger partial charge in [0.25, 0.3) is 0 Å². The minimum Gasteiger partial charge on any atom is -0.489 e. The molecule has 3 rings (SSSR count). The number of hydrogen-bond donors (Lipinski definition) is 0. The molecule has 1 aromatic heterocycles. The highest BCUT2D eigenvalue weighted by atomic mass is 32.1. The molecule has 0 saturated carbocycles. The third-order valence-corrected chi connectivity index (χ3v) is 4.25. The first-order valence-corrected chi connectivity index (χ1v) is 6.96. The molecule has 0 bridgehead atoms. The van der Waals surface area contributed by atoms with Gasteiger partial charge in [0.1, 0.15) is 18.2 Å². The molecule has 0 saturated heterocycles. The van der Waals surface area contributed by atoms with Crippen LogP contribution in [0.1, 0.15) is 11.1 Å². The summed E-state index contributed by atoms with van der Waals surface area (Å²) in [6.45, 7) is 2.57. The third-order valence-electron chi connectivity index (χ3n) is 3.07. The van der Waals surface area contributed by atoms with Crippen LogP contribution in [-0.2, 0) is 6.61 Å². The molecule has 0 N–H and O–H groups in total. The third kappa shape index (κ3) is 2.47. The summed E-state index contributed by atoms with van der Waals surface area (Å²) < 4.78 is 20.0. The summed E-state index contributed by atoms with van der Waals surface area (Å²) in [7, 11) is 0. The number of hydrogen-bond acceptors (Lipinski definition) is 2. The number of aryl methyl sites for hydroxylation is 1. The van der Waals surface area contributed by atoms with Crippen molar-refractivity contribution in [1.29, 1.82) is 0 Å². The summed E-state index contributed by atoms with van der Waals surface area (Å²) in [6, 6.07) is 12.5. The molecule has 0 unspecified atom stereocenters. The van der Waals surface area contributed by atoms with Gasteiger partial charge in [0.15, 0.2) is 0 Å². The molecule has 2 aromatic carbocycles. The molecule has 0 aliphatic rings. The molecule has 3 heteroatoms. The van der Waals surface area contributed by atoms with Gasteiger partial charge in [0.05, 0.1) is 0 Å². The fourth-order valence-electron chi connectivity index (χ4n) is 2.08. The topological polar surface area (TPSA) is 9.23 Å². The van der Waals surface area contributed by atoms with Gasteiger partial charge < -0.3 is 4.74 Å². The summed E-state index contributed by atoms with van der Waals surface area (Å²) in [5.41, 5.74) is 2.42. The van der Waals surface area contributed by atoms with Gasteiger partial charge >= 0.3 is 0 Å². The van der Waals surface area contributed by atoms with Crippen LogP contribution >= 0.6 is 11.3 Å². The summed E-state index contributed by atoms with van der Waals surface area (Å²) in [5.74, 6) is 0.288. The van der Waals surface area contributed by atoms with E-state index < -0.39 is 0 Å². The van der Waals surface area contributed by atoms with Crippen LogP contribution in [0.5, 0.6) is 5.75 Å². The Hall–Kier alpha value is -1.87. The quantitative estimate of drug-likeness (QED) is 0.657. The van der Waals surface area contributed by atoms with Crippen molar-refractivity contribution in [3.8, 4) is 5.75 Å². The zero-order chi connectivity index (χ0) is 13.2. The highest BCUT2D eigenvalue weighted by molar-refractivity contribution is 7.17. The first-order valence-electron chi connectivity index (χ1n) is 6.08. The molecule has 96 valence electrons. The Labute approximate surface area is 115 Å². The molecule has 0 atom stereocenters. The van der Waals surface area contributed by atoms with Gasteiger partial charge in [0.2, 0.25) is 0 Å². The first kappa shape index (κ1) is 12.2. The molecule has 19 heavy (non-hydrogen) atoms. The van der Waals surface area contributed by atoms with E-state index in [4.69, 9.17) is 4.74 Å². The van der Waals surface area contributed by atoms with E-state index in [0.29, 0.717) is 12.4 Å². The summed E-state index contributed by atoms with van der Waals surface area (Å²) in [4.78, 5) is 0. The van der Waals surface area contributed by atoms with Crippen LogP contribution in [0.15, 0.2) is 47.8 Å². The molecule has 0 radical (unpaired) electrons. The monoisotopic (exact) mass is 272 g/mol. The van der Waals surface area contributed by atoms with Crippen molar-refractivity contribution in [1.82, 2.24) is 0 Å². The van der Waals surface area contributed by atoms with Crippen LogP contribution in [0.3, 0.4) is 0 Å². The van der Waals surface area contributed by atoms with Gasteiger partial charge in [-0.1, -0.05) is 24.3 Å².